The van der Waals surface area contributed by atoms with Crippen LogP contribution in [0.3, 0.4) is 0 Å². The van der Waals surface area contributed by atoms with Gasteiger partial charge in [0.15, 0.2) is 0 Å². The Balaban J connectivity index is 1.26. The number of nitrogens with one attached hydrogen (secondary N) is 1. The van der Waals surface area contributed by atoms with Gasteiger partial charge in [-0.2, -0.15) is 0 Å². The van der Waals surface area contributed by atoms with Crippen LogP contribution in [0.25, 0.3) is 11.1 Å². The van der Waals surface area contributed by atoms with Crippen LogP contribution in [-0.4, -0.2) is 53.7 Å². The summed E-state index contributed by atoms with van der Waals surface area (Å²) in [5.41, 5.74) is 4.65. The first-order chi connectivity index (χ1) is 16.0. The number of rotatable bonds is 7. The molecule has 2 N–H and O–H groups in total. The maximum absolute atomic E-state index is 12.7. The van der Waals surface area contributed by atoms with Gasteiger partial charge >= 0.3 is 12.1 Å². The Hall–Kier alpha value is -3.35. The Morgan fingerprint density at radius 1 is 1.06 bits per heavy atom. The normalized spacial score (nSPS) is 18.2. The standard InChI is InChI=1S/C26H30N2O5/c1-17(24(29)28-15-7-6-12-23(28)25(30)31)13-14-27-26(32)33-16-22-20-10-4-2-8-18(20)19-9-3-5-11-21(19)22/h2-5,8-11,17,22-23H,6-7,12-16H2,1H3,(H,27,32)(H,30,31)/t17?,23-/m0/s1. The van der Waals surface area contributed by atoms with Crippen molar-refractivity contribution in [3.05, 3.63) is 59.7 Å². The Morgan fingerprint density at radius 3 is 2.33 bits per heavy atom. The van der Waals surface area contributed by atoms with E-state index in [1.807, 2.05) is 24.3 Å². The van der Waals surface area contributed by atoms with Crippen LogP contribution in [-0.2, 0) is 14.3 Å². The predicted molar refractivity (Wildman–Crippen MR) is 124 cm³/mol. The first-order valence-electron chi connectivity index (χ1n) is 11.6. The molecule has 4 rings (SSSR count). The van der Waals surface area contributed by atoms with E-state index in [0.717, 1.165) is 24.0 Å². The number of likely N-dealkylation sites (tertiary alicyclic amines) is 1. The molecule has 0 bridgehead atoms. The van der Waals surface area contributed by atoms with Crippen LogP contribution in [0.1, 0.15) is 49.7 Å². The summed E-state index contributed by atoms with van der Waals surface area (Å²) >= 11 is 0. The summed E-state index contributed by atoms with van der Waals surface area (Å²) in [4.78, 5) is 38.0. The molecule has 33 heavy (non-hydrogen) atoms. The average Bonchev–Trinajstić information content (AvgIpc) is 3.16. The minimum atomic E-state index is -0.952. The van der Waals surface area contributed by atoms with Crippen LogP contribution in [0.15, 0.2) is 48.5 Å². The monoisotopic (exact) mass is 450 g/mol. The number of piperidine rings is 1. The van der Waals surface area contributed by atoms with E-state index in [1.54, 1.807) is 6.92 Å². The zero-order valence-electron chi connectivity index (χ0n) is 18.8. The van der Waals surface area contributed by atoms with E-state index >= 15 is 0 Å². The zero-order chi connectivity index (χ0) is 23.4. The van der Waals surface area contributed by atoms with E-state index in [-0.39, 0.29) is 30.9 Å². The van der Waals surface area contributed by atoms with Gasteiger partial charge in [-0.3, -0.25) is 4.79 Å². The van der Waals surface area contributed by atoms with Crippen molar-refractivity contribution < 1.29 is 24.2 Å². The number of ether oxygens (including phenoxy) is 1. The van der Waals surface area contributed by atoms with E-state index in [4.69, 9.17) is 4.74 Å². The number of hydrogen-bond acceptors (Lipinski definition) is 4. The summed E-state index contributed by atoms with van der Waals surface area (Å²) in [5.74, 6) is -1.50. The third kappa shape index (κ3) is 4.87. The number of alkyl carbamates (subject to hydrolysis) is 1. The fourth-order valence-electron chi connectivity index (χ4n) is 4.90. The van der Waals surface area contributed by atoms with E-state index in [9.17, 15) is 19.5 Å². The lowest BCUT2D eigenvalue weighted by Crippen LogP contribution is -2.50. The maximum Gasteiger partial charge on any atom is 0.407 e. The van der Waals surface area contributed by atoms with Gasteiger partial charge in [0.2, 0.25) is 5.91 Å². The maximum atomic E-state index is 12.7. The summed E-state index contributed by atoms with van der Waals surface area (Å²) in [5, 5.41) is 12.1. The van der Waals surface area contributed by atoms with Crippen LogP contribution >= 0.6 is 0 Å². The highest BCUT2D eigenvalue weighted by atomic mass is 16.5. The molecule has 2 aromatic carbocycles. The molecule has 7 nitrogen and oxygen atoms in total. The van der Waals surface area contributed by atoms with Gasteiger partial charge in [0.1, 0.15) is 12.6 Å². The van der Waals surface area contributed by atoms with E-state index in [2.05, 4.69) is 29.6 Å². The average molecular weight is 451 g/mol. The molecular formula is C26H30N2O5. The number of amides is 2. The number of benzene rings is 2. The Bertz CT molecular complexity index is 991. The fraction of sp³-hybridized carbons (Fsp3) is 0.423. The largest absolute Gasteiger partial charge is 0.480 e. The number of hydrogen-bond donors (Lipinski definition) is 2. The van der Waals surface area contributed by atoms with Crippen molar-refractivity contribution in [1.82, 2.24) is 10.2 Å². The van der Waals surface area contributed by atoms with Crippen molar-refractivity contribution in [2.75, 3.05) is 19.7 Å². The predicted octanol–water partition coefficient (Wildman–Crippen LogP) is 4.02. The third-order valence-electron chi connectivity index (χ3n) is 6.68. The number of carbonyl (C=O) groups is 3. The van der Waals surface area contributed by atoms with Crippen molar-refractivity contribution >= 4 is 18.0 Å². The lowest BCUT2D eigenvalue weighted by Gasteiger charge is -2.34. The number of carbonyl (C=O) groups excluding carboxylic acids is 2. The summed E-state index contributed by atoms with van der Waals surface area (Å²) in [6, 6.07) is 15.6. The van der Waals surface area contributed by atoms with Gasteiger partial charge in [-0.25, -0.2) is 9.59 Å². The molecule has 1 saturated heterocycles. The molecule has 174 valence electrons. The molecule has 2 amide bonds. The van der Waals surface area contributed by atoms with Gasteiger partial charge in [-0.1, -0.05) is 55.5 Å². The summed E-state index contributed by atoms with van der Waals surface area (Å²) < 4.78 is 5.52. The lowest BCUT2D eigenvalue weighted by molar-refractivity contribution is -0.153. The van der Waals surface area contributed by atoms with Crippen molar-refractivity contribution in [1.29, 1.82) is 0 Å². The van der Waals surface area contributed by atoms with Gasteiger partial charge in [-0.15, -0.1) is 0 Å². The van der Waals surface area contributed by atoms with Gasteiger partial charge in [-0.05, 0) is 47.9 Å². The van der Waals surface area contributed by atoms with Gasteiger partial charge in [0.25, 0.3) is 0 Å². The van der Waals surface area contributed by atoms with Gasteiger partial charge < -0.3 is 20.1 Å². The number of carboxylic acid groups (broad SMARTS) is 1. The second kappa shape index (κ2) is 10.1. The Morgan fingerprint density at radius 2 is 1.70 bits per heavy atom. The molecule has 2 atom stereocenters. The third-order valence-corrected chi connectivity index (χ3v) is 6.68. The molecule has 1 aliphatic heterocycles. The minimum absolute atomic E-state index is 0.00398. The minimum Gasteiger partial charge on any atom is -0.480 e. The summed E-state index contributed by atoms with van der Waals surface area (Å²) in [7, 11) is 0. The number of nitrogens with zero attached hydrogens (tertiary/aromatic N) is 1. The van der Waals surface area contributed by atoms with Crippen molar-refractivity contribution in [2.24, 2.45) is 5.92 Å². The topological polar surface area (TPSA) is 95.9 Å². The molecule has 1 unspecified atom stereocenters. The second-order valence-electron chi connectivity index (χ2n) is 8.82. The van der Waals surface area contributed by atoms with Gasteiger partial charge in [0.05, 0.1) is 0 Å². The Kier molecular flexibility index (Phi) is 6.96. The molecule has 2 aliphatic rings. The first kappa shape index (κ1) is 22.8. The Labute approximate surface area is 193 Å². The molecule has 0 spiro atoms. The molecular weight excluding hydrogens is 420 g/mol. The van der Waals surface area contributed by atoms with Crippen LogP contribution in [0, 0.1) is 5.92 Å². The van der Waals surface area contributed by atoms with Crippen molar-refractivity contribution in [2.45, 2.75) is 44.6 Å². The van der Waals surface area contributed by atoms with Gasteiger partial charge in [0, 0.05) is 24.9 Å². The van der Waals surface area contributed by atoms with Crippen LogP contribution < -0.4 is 5.32 Å². The second-order valence-corrected chi connectivity index (χ2v) is 8.82. The molecule has 1 heterocycles. The van der Waals surface area contributed by atoms with Crippen LogP contribution in [0.5, 0.6) is 0 Å². The first-order valence-corrected chi connectivity index (χ1v) is 11.6. The smallest absolute Gasteiger partial charge is 0.407 e. The van der Waals surface area contributed by atoms with E-state index in [1.165, 1.54) is 16.0 Å². The van der Waals surface area contributed by atoms with Crippen molar-refractivity contribution in [3.63, 3.8) is 0 Å². The van der Waals surface area contributed by atoms with Crippen LogP contribution in [0.2, 0.25) is 0 Å². The molecule has 7 heteroatoms. The van der Waals surface area contributed by atoms with Crippen LogP contribution in [0.4, 0.5) is 4.79 Å². The quantitative estimate of drug-likeness (QED) is 0.664. The highest BCUT2D eigenvalue weighted by Gasteiger charge is 2.34. The number of aliphatic carboxylic acids is 1. The highest BCUT2D eigenvalue weighted by Crippen LogP contribution is 2.44. The van der Waals surface area contributed by atoms with E-state index in [0.29, 0.717) is 19.4 Å². The number of fused-ring (bicyclic) bond motifs is 3. The summed E-state index contributed by atoms with van der Waals surface area (Å²) in [6.45, 7) is 2.77. The van der Waals surface area contributed by atoms with Crippen molar-refractivity contribution in [3.8, 4) is 11.1 Å². The molecule has 1 aliphatic carbocycles. The SMILES string of the molecule is CC(CCNC(=O)OCC1c2ccccc2-c2ccccc21)C(=O)N1CCCC[C@H]1C(=O)O. The summed E-state index contributed by atoms with van der Waals surface area (Å²) in [6.07, 6.45) is 2.04. The molecule has 0 saturated carbocycles. The lowest BCUT2D eigenvalue weighted by atomic mass is 9.98. The molecule has 0 radical (unpaired) electrons. The molecule has 2 aromatic rings. The zero-order valence-corrected chi connectivity index (χ0v) is 18.8. The molecule has 0 aromatic heterocycles. The molecule has 1 fully saturated rings. The van der Waals surface area contributed by atoms with E-state index < -0.39 is 18.1 Å². The highest BCUT2D eigenvalue weighted by molar-refractivity contribution is 5.85. The fourth-order valence-corrected chi connectivity index (χ4v) is 4.90. The number of carboxylic acids is 1.